The average Bonchev–Trinajstić information content (AvgIpc) is 2.45. The molecule has 0 saturated heterocycles. The molecule has 2 aliphatic rings. The monoisotopic (exact) mass is 138 g/mol. The molecule has 0 aromatic carbocycles. The number of hydrogen-bond donors (Lipinski definition) is 0. The normalized spacial score (nSPS) is 41.9. The third-order valence-electron chi connectivity index (χ3n) is 2.94. The Kier molecular flexibility index (Phi) is 2.18. The quantitative estimate of drug-likeness (QED) is 0.488. The van der Waals surface area contributed by atoms with Crippen LogP contribution in [0.1, 0.15) is 33.6 Å². The van der Waals surface area contributed by atoms with E-state index in [4.69, 9.17) is 0 Å². The van der Waals surface area contributed by atoms with Crippen molar-refractivity contribution in [3.8, 4) is 0 Å². The fourth-order valence-corrected chi connectivity index (χ4v) is 2.36. The van der Waals surface area contributed by atoms with Gasteiger partial charge < -0.3 is 0 Å². The van der Waals surface area contributed by atoms with Crippen molar-refractivity contribution in [3.63, 3.8) is 0 Å². The molecule has 0 N–H and O–H groups in total. The Morgan fingerprint density at radius 3 is 2.40 bits per heavy atom. The second-order valence-electron chi connectivity index (χ2n) is 3.45. The molecule has 0 aromatic rings. The SMILES string of the molecule is C.CCC1CC2C=CC1C2. The fourth-order valence-electron chi connectivity index (χ4n) is 2.36. The molecule has 2 rings (SSSR count). The van der Waals surface area contributed by atoms with Gasteiger partial charge in [-0.25, -0.2) is 0 Å². The highest BCUT2D eigenvalue weighted by Crippen LogP contribution is 2.44. The molecule has 1 fully saturated rings. The van der Waals surface area contributed by atoms with Crippen molar-refractivity contribution in [1.29, 1.82) is 0 Å². The van der Waals surface area contributed by atoms with Gasteiger partial charge in [-0.15, -0.1) is 0 Å². The molecule has 0 nitrogen and oxygen atoms in total. The standard InChI is InChI=1S/C9H14.CH4/c1-2-8-5-7-3-4-9(8)6-7;/h3-4,7-9H,2,5-6H2,1H3;1H4. The average molecular weight is 138 g/mol. The lowest BCUT2D eigenvalue weighted by molar-refractivity contribution is 0.434. The first-order valence-corrected chi connectivity index (χ1v) is 4.08. The van der Waals surface area contributed by atoms with Crippen LogP contribution in [-0.4, -0.2) is 0 Å². The van der Waals surface area contributed by atoms with Crippen LogP contribution in [0.5, 0.6) is 0 Å². The smallest absolute Gasteiger partial charge is 0.0199 e. The van der Waals surface area contributed by atoms with E-state index >= 15 is 0 Å². The van der Waals surface area contributed by atoms with Gasteiger partial charge in [0, 0.05) is 0 Å². The van der Waals surface area contributed by atoms with Gasteiger partial charge in [0.25, 0.3) is 0 Å². The van der Waals surface area contributed by atoms with Crippen LogP contribution in [0.25, 0.3) is 0 Å². The van der Waals surface area contributed by atoms with Gasteiger partial charge in [-0.05, 0) is 30.6 Å². The van der Waals surface area contributed by atoms with E-state index in [0.29, 0.717) is 0 Å². The zero-order valence-corrected chi connectivity index (χ0v) is 6.01. The maximum atomic E-state index is 2.43. The molecule has 3 unspecified atom stereocenters. The summed E-state index contributed by atoms with van der Waals surface area (Å²) in [7, 11) is 0. The molecule has 0 heteroatoms. The van der Waals surface area contributed by atoms with Crippen LogP contribution in [-0.2, 0) is 0 Å². The van der Waals surface area contributed by atoms with Crippen LogP contribution in [0.15, 0.2) is 12.2 Å². The fraction of sp³-hybridized carbons (Fsp3) is 0.800. The van der Waals surface area contributed by atoms with E-state index in [-0.39, 0.29) is 7.43 Å². The summed E-state index contributed by atoms with van der Waals surface area (Å²) in [6.45, 7) is 2.32. The lowest BCUT2D eigenvalue weighted by Gasteiger charge is -2.14. The molecule has 2 aliphatic carbocycles. The number of hydrogen-bond acceptors (Lipinski definition) is 0. The Morgan fingerprint density at radius 2 is 2.10 bits per heavy atom. The van der Waals surface area contributed by atoms with Crippen LogP contribution in [0.4, 0.5) is 0 Å². The summed E-state index contributed by atoms with van der Waals surface area (Å²) in [6, 6.07) is 0. The summed E-state index contributed by atoms with van der Waals surface area (Å²) >= 11 is 0. The van der Waals surface area contributed by atoms with Gasteiger partial charge in [0.1, 0.15) is 0 Å². The molecular formula is C10H18. The van der Waals surface area contributed by atoms with Crippen LogP contribution in [0.2, 0.25) is 0 Å². The molecule has 0 radical (unpaired) electrons. The van der Waals surface area contributed by atoms with Gasteiger partial charge >= 0.3 is 0 Å². The van der Waals surface area contributed by atoms with Gasteiger partial charge in [0.2, 0.25) is 0 Å². The molecule has 0 amide bonds. The van der Waals surface area contributed by atoms with Gasteiger partial charge in [-0.2, -0.15) is 0 Å². The molecular weight excluding hydrogens is 120 g/mol. The van der Waals surface area contributed by atoms with Crippen molar-refractivity contribution in [1.82, 2.24) is 0 Å². The van der Waals surface area contributed by atoms with Crippen LogP contribution < -0.4 is 0 Å². The highest BCUT2D eigenvalue weighted by molar-refractivity contribution is 5.09. The largest absolute Gasteiger partial charge is 0.0851 e. The number of allylic oxidation sites excluding steroid dienone is 2. The van der Waals surface area contributed by atoms with Crippen LogP contribution >= 0.6 is 0 Å². The minimum absolute atomic E-state index is 0. The molecule has 2 bridgehead atoms. The van der Waals surface area contributed by atoms with Crippen molar-refractivity contribution in [2.75, 3.05) is 0 Å². The first-order valence-electron chi connectivity index (χ1n) is 4.08. The minimum Gasteiger partial charge on any atom is -0.0851 e. The zero-order chi connectivity index (χ0) is 6.27. The van der Waals surface area contributed by atoms with Crippen molar-refractivity contribution in [3.05, 3.63) is 12.2 Å². The first kappa shape index (κ1) is 7.84. The van der Waals surface area contributed by atoms with Crippen LogP contribution in [0.3, 0.4) is 0 Å². The second kappa shape index (κ2) is 2.77. The summed E-state index contributed by atoms with van der Waals surface area (Å²) in [6.07, 6.45) is 9.20. The topological polar surface area (TPSA) is 0 Å². The van der Waals surface area contributed by atoms with E-state index < -0.39 is 0 Å². The summed E-state index contributed by atoms with van der Waals surface area (Å²) in [4.78, 5) is 0. The van der Waals surface area contributed by atoms with Crippen molar-refractivity contribution < 1.29 is 0 Å². The Balaban J connectivity index is 0.000000500. The molecule has 3 atom stereocenters. The summed E-state index contributed by atoms with van der Waals surface area (Å²) < 4.78 is 0. The molecule has 10 heavy (non-hydrogen) atoms. The van der Waals surface area contributed by atoms with E-state index in [1.54, 1.807) is 0 Å². The Bertz CT molecular complexity index is 135. The molecule has 58 valence electrons. The van der Waals surface area contributed by atoms with E-state index in [9.17, 15) is 0 Å². The predicted molar refractivity (Wildman–Crippen MR) is 45.9 cm³/mol. The van der Waals surface area contributed by atoms with Crippen molar-refractivity contribution in [2.45, 2.75) is 33.6 Å². The lowest BCUT2D eigenvalue weighted by Crippen LogP contribution is -2.04. The molecule has 0 spiro atoms. The third kappa shape index (κ3) is 1.00. The highest BCUT2D eigenvalue weighted by atomic mass is 14.4. The minimum atomic E-state index is 0. The van der Waals surface area contributed by atoms with Gasteiger partial charge in [0.05, 0.1) is 0 Å². The molecule has 0 aromatic heterocycles. The van der Waals surface area contributed by atoms with Gasteiger partial charge in [0.15, 0.2) is 0 Å². The van der Waals surface area contributed by atoms with Gasteiger partial charge in [-0.3, -0.25) is 0 Å². The Hall–Kier alpha value is -0.260. The van der Waals surface area contributed by atoms with Crippen molar-refractivity contribution >= 4 is 0 Å². The third-order valence-corrected chi connectivity index (χ3v) is 2.94. The number of rotatable bonds is 1. The van der Waals surface area contributed by atoms with E-state index in [1.165, 1.54) is 19.3 Å². The maximum absolute atomic E-state index is 2.43. The van der Waals surface area contributed by atoms with Gasteiger partial charge in [-0.1, -0.05) is 32.9 Å². The second-order valence-corrected chi connectivity index (χ2v) is 3.45. The first-order chi connectivity index (χ1) is 4.40. The Morgan fingerprint density at radius 1 is 1.30 bits per heavy atom. The zero-order valence-electron chi connectivity index (χ0n) is 6.01. The Labute approximate surface area is 64.3 Å². The van der Waals surface area contributed by atoms with E-state index in [2.05, 4.69) is 19.1 Å². The van der Waals surface area contributed by atoms with E-state index in [0.717, 1.165) is 17.8 Å². The summed E-state index contributed by atoms with van der Waals surface area (Å²) in [5, 5.41) is 0. The van der Waals surface area contributed by atoms with E-state index in [1.807, 2.05) is 0 Å². The number of fused-ring (bicyclic) bond motifs is 2. The maximum Gasteiger partial charge on any atom is -0.0199 e. The van der Waals surface area contributed by atoms with Crippen molar-refractivity contribution in [2.24, 2.45) is 17.8 Å². The summed E-state index contributed by atoms with van der Waals surface area (Å²) in [5.41, 5.74) is 0. The summed E-state index contributed by atoms with van der Waals surface area (Å²) in [5.74, 6) is 2.99. The highest BCUT2D eigenvalue weighted by Gasteiger charge is 2.33. The molecule has 1 saturated carbocycles. The molecule has 0 aliphatic heterocycles. The molecule has 0 heterocycles. The van der Waals surface area contributed by atoms with Crippen LogP contribution in [0, 0.1) is 17.8 Å². The lowest BCUT2D eigenvalue weighted by atomic mass is 9.91. The predicted octanol–water partition coefficient (Wildman–Crippen LogP) is 3.24.